The van der Waals surface area contributed by atoms with E-state index in [4.69, 9.17) is 17.3 Å². The lowest BCUT2D eigenvalue weighted by Gasteiger charge is -2.14. The Labute approximate surface area is 148 Å². The second-order valence-electron chi connectivity index (χ2n) is 6.09. The highest BCUT2D eigenvalue weighted by molar-refractivity contribution is 6.32. The van der Waals surface area contributed by atoms with Crippen molar-refractivity contribution in [2.24, 2.45) is 0 Å². The van der Waals surface area contributed by atoms with Crippen molar-refractivity contribution in [3.8, 4) is 11.4 Å². The number of rotatable bonds is 1. The van der Waals surface area contributed by atoms with Gasteiger partial charge in [0.1, 0.15) is 23.5 Å². The topological polar surface area (TPSA) is 89.8 Å². The third-order valence-electron chi connectivity index (χ3n) is 4.51. The highest BCUT2D eigenvalue weighted by atomic mass is 35.5. The van der Waals surface area contributed by atoms with Gasteiger partial charge in [-0.25, -0.2) is 15.0 Å². The first-order valence-corrected chi connectivity index (χ1v) is 8.15. The molecule has 0 amide bonds. The van der Waals surface area contributed by atoms with Crippen molar-refractivity contribution in [1.82, 2.24) is 19.5 Å². The van der Waals surface area contributed by atoms with Crippen LogP contribution in [0.1, 0.15) is 16.8 Å². The zero-order valence-electron chi connectivity index (χ0n) is 14.0. The first-order chi connectivity index (χ1) is 11.9. The van der Waals surface area contributed by atoms with Crippen LogP contribution in [-0.2, 0) is 0 Å². The van der Waals surface area contributed by atoms with E-state index < -0.39 is 0 Å². The van der Waals surface area contributed by atoms with Crippen molar-refractivity contribution < 1.29 is 5.11 Å². The van der Waals surface area contributed by atoms with E-state index in [9.17, 15) is 5.11 Å². The molecule has 0 aliphatic carbocycles. The minimum atomic E-state index is 0.211. The van der Waals surface area contributed by atoms with Crippen LogP contribution in [0, 0.1) is 20.8 Å². The predicted octanol–water partition coefficient (Wildman–Crippen LogP) is 3.84. The Bertz CT molecular complexity index is 1170. The number of nitrogens with two attached hydrogens (primary N) is 1. The molecule has 0 bridgehead atoms. The van der Waals surface area contributed by atoms with Crippen molar-refractivity contribution in [1.29, 1.82) is 0 Å². The minimum absolute atomic E-state index is 0.211. The number of nitrogens with zero attached hydrogens (tertiary/aromatic N) is 4. The fourth-order valence-electron chi connectivity index (χ4n) is 3.22. The summed E-state index contributed by atoms with van der Waals surface area (Å²) in [5, 5.41) is 12.2. The molecule has 0 fully saturated rings. The first-order valence-electron chi connectivity index (χ1n) is 7.77. The van der Waals surface area contributed by atoms with Crippen LogP contribution in [-0.4, -0.2) is 24.6 Å². The molecule has 3 heterocycles. The third-order valence-corrected chi connectivity index (χ3v) is 4.89. The molecular weight excluding hydrogens is 338 g/mol. The molecule has 0 aliphatic heterocycles. The van der Waals surface area contributed by atoms with E-state index in [2.05, 4.69) is 15.0 Å². The normalized spacial score (nSPS) is 11.5. The zero-order chi connectivity index (χ0) is 17.9. The summed E-state index contributed by atoms with van der Waals surface area (Å²) in [5.74, 6) is 0.578. The number of aromatic nitrogens is 4. The molecule has 4 aromatic rings. The second kappa shape index (κ2) is 5.32. The molecule has 1 aromatic carbocycles. The number of halogens is 1. The van der Waals surface area contributed by atoms with Gasteiger partial charge in [-0.1, -0.05) is 17.7 Å². The summed E-state index contributed by atoms with van der Waals surface area (Å²) in [7, 11) is 0. The van der Waals surface area contributed by atoms with Crippen LogP contribution in [0.2, 0.25) is 5.02 Å². The van der Waals surface area contributed by atoms with Gasteiger partial charge in [0.15, 0.2) is 5.65 Å². The summed E-state index contributed by atoms with van der Waals surface area (Å²) in [4.78, 5) is 13.2. The average molecular weight is 354 g/mol. The van der Waals surface area contributed by atoms with Gasteiger partial charge in [-0.3, -0.25) is 4.57 Å². The van der Waals surface area contributed by atoms with E-state index in [1.165, 1.54) is 6.33 Å². The van der Waals surface area contributed by atoms with E-state index in [-0.39, 0.29) is 5.75 Å². The molecule has 0 saturated carbocycles. The first kappa shape index (κ1) is 15.7. The summed E-state index contributed by atoms with van der Waals surface area (Å²) in [6, 6.07) is 5.38. The summed E-state index contributed by atoms with van der Waals surface area (Å²) < 4.78 is 1.91. The standard InChI is InChI=1S/C18H16ClN5O/c1-8-4-5-13(25)9(2)15(8)24-17-11(6-12(19)10(3)23-17)14-16(20)21-7-22-18(14)24/h4-7,25H,1-3H3,(H2,20,21,22). The Kier molecular flexibility index (Phi) is 3.33. The molecule has 3 aromatic heterocycles. The van der Waals surface area contributed by atoms with Gasteiger partial charge in [0, 0.05) is 10.9 Å². The number of aryl methyl sites for hydroxylation is 2. The van der Waals surface area contributed by atoms with Crippen molar-refractivity contribution in [3.05, 3.63) is 46.4 Å². The van der Waals surface area contributed by atoms with Crippen LogP contribution in [0.3, 0.4) is 0 Å². The predicted molar refractivity (Wildman–Crippen MR) is 99.5 cm³/mol. The Morgan fingerprint density at radius 2 is 1.88 bits per heavy atom. The van der Waals surface area contributed by atoms with E-state index in [0.29, 0.717) is 33.2 Å². The quantitative estimate of drug-likeness (QED) is 0.542. The van der Waals surface area contributed by atoms with Crippen LogP contribution in [0.4, 0.5) is 5.82 Å². The fourth-order valence-corrected chi connectivity index (χ4v) is 3.37. The van der Waals surface area contributed by atoms with Crippen LogP contribution in [0.15, 0.2) is 24.5 Å². The number of benzene rings is 1. The Hall–Kier alpha value is -2.86. The lowest BCUT2D eigenvalue weighted by molar-refractivity contribution is 0.470. The van der Waals surface area contributed by atoms with Gasteiger partial charge in [0.05, 0.1) is 21.8 Å². The number of phenolic OH excluding ortho intramolecular Hbond substituents is 1. The SMILES string of the molecule is Cc1ccc(O)c(C)c1-n1c2nc(C)c(Cl)cc2c2c(N)ncnc21. The molecule has 25 heavy (non-hydrogen) atoms. The number of pyridine rings is 1. The number of phenols is 1. The van der Waals surface area contributed by atoms with Gasteiger partial charge < -0.3 is 10.8 Å². The molecule has 0 atom stereocenters. The maximum atomic E-state index is 10.2. The van der Waals surface area contributed by atoms with E-state index in [1.54, 1.807) is 6.07 Å². The number of fused-ring (bicyclic) bond motifs is 3. The van der Waals surface area contributed by atoms with Crippen molar-refractivity contribution in [2.75, 3.05) is 5.73 Å². The molecule has 6 nitrogen and oxygen atoms in total. The zero-order valence-corrected chi connectivity index (χ0v) is 14.8. The van der Waals surface area contributed by atoms with Crippen LogP contribution >= 0.6 is 11.6 Å². The maximum absolute atomic E-state index is 10.2. The smallest absolute Gasteiger partial charge is 0.152 e. The molecule has 0 saturated heterocycles. The van der Waals surface area contributed by atoms with Crippen molar-refractivity contribution >= 4 is 39.5 Å². The maximum Gasteiger partial charge on any atom is 0.152 e. The van der Waals surface area contributed by atoms with E-state index in [0.717, 1.165) is 22.2 Å². The molecular formula is C18H16ClN5O. The molecule has 4 rings (SSSR count). The number of nitrogen functional groups attached to an aromatic ring is 1. The molecule has 126 valence electrons. The number of anilines is 1. The number of hydrogen-bond acceptors (Lipinski definition) is 5. The van der Waals surface area contributed by atoms with Gasteiger partial charge in [0.25, 0.3) is 0 Å². The van der Waals surface area contributed by atoms with E-state index in [1.807, 2.05) is 37.5 Å². The van der Waals surface area contributed by atoms with Crippen molar-refractivity contribution in [2.45, 2.75) is 20.8 Å². The van der Waals surface area contributed by atoms with Crippen molar-refractivity contribution in [3.63, 3.8) is 0 Å². The lowest BCUT2D eigenvalue weighted by atomic mass is 10.1. The highest BCUT2D eigenvalue weighted by Crippen LogP contribution is 2.37. The number of hydrogen-bond donors (Lipinski definition) is 2. The number of aromatic hydroxyl groups is 1. The minimum Gasteiger partial charge on any atom is -0.508 e. The summed E-state index contributed by atoms with van der Waals surface area (Å²) in [6.07, 6.45) is 1.43. The lowest BCUT2D eigenvalue weighted by Crippen LogP contribution is -2.03. The Morgan fingerprint density at radius 3 is 2.64 bits per heavy atom. The molecule has 0 aliphatic rings. The van der Waals surface area contributed by atoms with Gasteiger partial charge in [-0.15, -0.1) is 0 Å². The summed E-state index contributed by atoms with van der Waals surface area (Å²) in [6.45, 7) is 5.69. The molecule has 0 radical (unpaired) electrons. The summed E-state index contributed by atoms with van der Waals surface area (Å²) in [5.41, 5.74) is 10.7. The molecule has 0 unspecified atom stereocenters. The van der Waals surface area contributed by atoms with E-state index >= 15 is 0 Å². The average Bonchev–Trinajstić information content (AvgIpc) is 2.87. The molecule has 3 N–H and O–H groups in total. The molecule has 0 spiro atoms. The monoisotopic (exact) mass is 353 g/mol. The van der Waals surface area contributed by atoms with Gasteiger partial charge >= 0.3 is 0 Å². The molecule has 7 heteroatoms. The fraction of sp³-hybridized carbons (Fsp3) is 0.167. The van der Waals surface area contributed by atoms with Gasteiger partial charge in [-0.05, 0) is 38.5 Å². The highest BCUT2D eigenvalue weighted by Gasteiger charge is 2.21. The van der Waals surface area contributed by atoms with Crippen LogP contribution in [0.25, 0.3) is 27.8 Å². The Balaban J connectivity index is 2.30. The van der Waals surface area contributed by atoms with Crippen LogP contribution < -0.4 is 5.73 Å². The van der Waals surface area contributed by atoms with Gasteiger partial charge in [0.2, 0.25) is 0 Å². The second-order valence-corrected chi connectivity index (χ2v) is 6.50. The van der Waals surface area contributed by atoms with Crippen LogP contribution in [0.5, 0.6) is 5.75 Å². The Morgan fingerprint density at radius 1 is 1.12 bits per heavy atom. The largest absolute Gasteiger partial charge is 0.508 e. The summed E-state index contributed by atoms with van der Waals surface area (Å²) >= 11 is 6.29. The van der Waals surface area contributed by atoms with Gasteiger partial charge in [-0.2, -0.15) is 0 Å². The third kappa shape index (κ3) is 2.14.